The average molecular weight is 268 g/mol. The summed E-state index contributed by atoms with van der Waals surface area (Å²) in [5.74, 6) is 0.296. The van der Waals surface area contributed by atoms with E-state index in [0.717, 1.165) is 19.6 Å². The van der Waals surface area contributed by atoms with Gasteiger partial charge in [0.25, 0.3) is 0 Å². The van der Waals surface area contributed by atoms with Gasteiger partial charge in [-0.2, -0.15) is 0 Å². The second-order valence-corrected chi connectivity index (χ2v) is 6.76. The zero-order valence-electron chi connectivity index (χ0n) is 13.4. The Bertz CT molecular complexity index is 270. The molecular weight excluding hydrogens is 236 g/mol. The molecule has 3 nitrogen and oxygen atoms in total. The largest absolute Gasteiger partial charge is 0.335 e. The predicted molar refractivity (Wildman–Crippen MR) is 81.3 cm³/mol. The van der Waals surface area contributed by atoms with Crippen LogP contribution in [0.5, 0.6) is 0 Å². The molecule has 3 heteroatoms. The number of carbonyl (C=O) groups excluding carboxylic acids is 1. The molecule has 19 heavy (non-hydrogen) atoms. The van der Waals surface area contributed by atoms with Crippen molar-refractivity contribution in [1.29, 1.82) is 0 Å². The van der Waals surface area contributed by atoms with Crippen molar-refractivity contribution in [2.75, 3.05) is 26.2 Å². The molecule has 0 unspecified atom stereocenters. The lowest BCUT2D eigenvalue weighted by Gasteiger charge is -2.42. The van der Waals surface area contributed by atoms with Crippen molar-refractivity contribution in [1.82, 2.24) is 9.80 Å². The Morgan fingerprint density at radius 2 is 1.63 bits per heavy atom. The smallest absolute Gasteiger partial charge is 0.237 e. The van der Waals surface area contributed by atoms with Crippen LogP contribution in [-0.2, 0) is 4.79 Å². The van der Waals surface area contributed by atoms with E-state index in [-0.39, 0.29) is 5.54 Å². The van der Waals surface area contributed by atoms with Gasteiger partial charge in [0, 0.05) is 18.6 Å². The van der Waals surface area contributed by atoms with Gasteiger partial charge >= 0.3 is 0 Å². The highest BCUT2D eigenvalue weighted by molar-refractivity contribution is 5.79. The van der Waals surface area contributed by atoms with Crippen LogP contribution in [0.25, 0.3) is 0 Å². The van der Waals surface area contributed by atoms with E-state index in [1.165, 1.54) is 38.5 Å². The van der Waals surface area contributed by atoms with Crippen molar-refractivity contribution in [2.24, 2.45) is 0 Å². The standard InChI is InChI=1S/C16H32N2O/c1-5-6-7-8-9-10-11-17-12-13-18(15(19)14-17)16(2,3)4/h5-14H2,1-4H3. The van der Waals surface area contributed by atoms with E-state index in [0.29, 0.717) is 12.5 Å². The zero-order valence-corrected chi connectivity index (χ0v) is 13.4. The summed E-state index contributed by atoms with van der Waals surface area (Å²) in [6.45, 7) is 12.2. The van der Waals surface area contributed by atoms with Crippen molar-refractivity contribution < 1.29 is 4.79 Å². The summed E-state index contributed by atoms with van der Waals surface area (Å²) in [7, 11) is 0. The molecule has 0 atom stereocenters. The van der Waals surface area contributed by atoms with Gasteiger partial charge in [-0.3, -0.25) is 9.69 Å². The Balaban J connectivity index is 2.17. The van der Waals surface area contributed by atoms with Crippen molar-refractivity contribution in [2.45, 2.75) is 71.8 Å². The monoisotopic (exact) mass is 268 g/mol. The Hall–Kier alpha value is -0.570. The number of unbranched alkanes of at least 4 members (excludes halogenated alkanes) is 5. The van der Waals surface area contributed by atoms with E-state index in [9.17, 15) is 4.79 Å². The first-order valence-corrected chi connectivity index (χ1v) is 7.98. The van der Waals surface area contributed by atoms with E-state index in [1.54, 1.807) is 0 Å². The summed E-state index contributed by atoms with van der Waals surface area (Å²) in [5.41, 5.74) is -0.0245. The van der Waals surface area contributed by atoms with Crippen molar-refractivity contribution in [3.05, 3.63) is 0 Å². The molecule has 1 aliphatic rings. The molecular formula is C16H32N2O. The molecule has 1 saturated heterocycles. The normalized spacial score (nSPS) is 18.1. The number of piperazine rings is 1. The number of rotatable bonds is 7. The van der Waals surface area contributed by atoms with Crippen molar-refractivity contribution >= 4 is 5.91 Å². The van der Waals surface area contributed by atoms with Gasteiger partial charge in [0.15, 0.2) is 0 Å². The van der Waals surface area contributed by atoms with E-state index < -0.39 is 0 Å². The lowest BCUT2D eigenvalue weighted by atomic mass is 10.0. The second-order valence-electron chi connectivity index (χ2n) is 6.76. The summed E-state index contributed by atoms with van der Waals surface area (Å²) in [4.78, 5) is 16.5. The van der Waals surface area contributed by atoms with Gasteiger partial charge in [0.2, 0.25) is 5.91 Å². The maximum absolute atomic E-state index is 12.1. The summed E-state index contributed by atoms with van der Waals surface area (Å²) < 4.78 is 0. The summed E-state index contributed by atoms with van der Waals surface area (Å²) in [6.07, 6.45) is 7.95. The van der Waals surface area contributed by atoms with Gasteiger partial charge in [-0.05, 0) is 33.7 Å². The minimum atomic E-state index is -0.0245. The third kappa shape index (κ3) is 5.94. The number of hydrogen-bond donors (Lipinski definition) is 0. The van der Waals surface area contributed by atoms with Crippen LogP contribution in [0.15, 0.2) is 0 Å². The molecule has 1 rings (SSSR count). The average Bonchev–Trinajstić information content (AvgIpc) is 2.32. The molecule has 0 saturated carbocycles. The molecule has 0 aromatic rings. The van der Waals surface area contributed by atoms with Gasteiger partial charge < -0.3 is 4.90 Å². The summed E-state index contributed by atoms with van der Waals surface area (Å²) >= 11 is 0. The van der Waals surface area contributed by atoms with E-state index >= 15 is 0 Å². The minimum absolute atomic E-state index is 0.0245. The molecule has 0 aromatic carbocycles. The molecule has 1 aliphatic heterocycles. The van der Waals surface area contributed by atoms with Crippen LogP contribution >= 0.6 is 0 Å². The Morgan fingerprint density at radius 3 is 2.21 bits per heavy atom. The minimum Gasteiger partial charge on any atom is -0.335 e. The predicted octanol–water partition coefficient (Wildman–Crippen LogP) is 3.29. The van der Waals surface area contributed by atoms with Gasteiger partial charge in [0.05, 0.1) is 6.54 Å². The molecule has 1 heterocycles. The van der Waals surface area contributed by atoms with Gasteiger partial charge in [-0.1, -0.05) is 39.0 Å². The van der Waals surface area contributed by atoms with Crippen molar-refractivity contribution in [3.63, 3.8) is 0 Å². The third-order valence-electron chi connectivity index (χ3n) is 3.94. The van der Waals surface area contributed by atoms with E-state index in [1.807, 2.05) is 4.90 Å². The zero-order chi connectivity index (χ0) is 14.3. The van der Waals surface area contributed by atoms with Crippen LogP contribution in [0, 0.1) is 0 Å². The van der Waals surface area contributed by atoms with Crippen LogP contribution < -0.4 is 0 Å². The summed E-state index contributed by atoms with van der Waals surface area (Å²) in [6, 6.07) is 0. The second kappa shape index (κ2) is 7.88. The first-order valence-electron chi connectivity index (χ1n) is 7.98. The van der Waals surface area contributed by atoms with Gasteiger partial charge in [0.1, 0.15) is 0 Å². The number of amides is 1. The molecule has 0 radical (unpaired) electrons. The topological polar surface area (TPSA) is 23.6 Å². The van der Waals surface area contributed by atoms with Gasteiger partial charge in [-0.15, -0.1) is 0 Å². The lowest BCUT2D eigenvalue weighted by Crippen LogP contribution is -2.56. The SMILES string of the molecule is CCCCCCCCN1CCN(C(C)(C)C)C(=O)C1. The van der Waals surface area contributed by atoms with Crippen molar-refractivity contribution in [3.8, 4) is 0 Å². The first kappa shape index (κ1) is 16.5. The maximum Gasteiger partial charge on any atom is 0.237 e. The fraction of sp³-hybridized carbons (Fsp3) is 0.938. The Kier molecular flexibility index (Phi) is 6.84. The van der Waals surface area contributed by atoms with E-state index in [4.69, 9.17) is 0 Å². The molecule has 1 amide bonds. The number of nitrogens with zero attached hydrogens (tertiary/aromatic N) is 2. The Labute approximate surface area is 119 Å². The molecule has 0 spiro atoms. The van der Waals surface area contributed by atoms with Crippen LogP contribution in [0.3, 0.4) is 0 Å². The van der Waals surface area contributed by atoms with Crippen LogP contribution in [0.2, 0.25) is 0 Å². The molecule has 112 valence electrons. The summed E-state index contributed by atoms with van der Waals surface area (Å²) in [5, 5.41) is 0. The van der Waals surface area contributed by atoms with Gasteiger partial charge in [-0.25, -0.2) is 0 Å². The highest BCUT2D eigenvalue weighted by Gasteiger charge is 2.31. The first-order chi connectivity index (χ1) is 8.95. The van der Waals surface area contributed by atoms with Crippen LogP contribution in [-0.4, -0.2) is 47.4 Å². The Morgan fingerprint density at radius 1 is 1.00 bits per heavy atom. The molecule has 0 bridgehead atoms. The lowest BCUT2D eigenvalue weighted by molar-refractivity contribution is -0.141. The highest BCUT2D eigenvalue weighted by atomic mass is 16.2. The van der Waals surface area contributed by atoms with Crippen LogP contribution in [0.1, 0.15) is 66.2 Å². The van der Waals surface area contributed by atoms with Crippen LogP contribution in [0.4, 0.5) is 0 Å². The molecule has 0 aromatic heterocycles. The number of hydrogen-bond acceptors (Lipinski definition) is 2. The highest BCUT2D eigenvalue weighted by Crippen LogP contribution is 2.17. The number of carbonyl (C=O) groups is 1. The fourth-order valence-corrected chi connectivity index (χ4v) is 2.74. The van der Waals surface area contributed by atoms with E-state index in [2.05, 4.69) is 32.6 Å². The fourth-order valence-electron chi connectivity index (χ4n) is 2.74. The maximum atomic E-state index is 12.1. The molecule has 0 N–H and O–H groups in total. The molecule has 0 aliphatic carbocycles. The third-order valence-corrected chi connectivity index (χ3v) is 3.94. The quantitative estimate of drug-likeness (QED) is 0.662. The molecule has 1 fully saturated rings.